The first-order valence-electron chi connectivity index (χ1n) is 23.1. The van der Waals surface area contributed by atoms with Crippen molar-refractivity contribution in [2.75, 3.05) is 6.61 Å². The number of hydrogen-bond acceptors (Lipinski definition) is 12. The summed E-state index contributed by atoms with van der Waals surface area (Å²) in [5.74, 6) is 2.38. The molecule has 6 aliphatic rings. The molecule has 12 rings (SSSR count). The molecule has 0 radical (unpaired) electrons. The van der Waals surface area contributed by atoms with Gasteiger partial charge in [0.1, 0.15) is 27.6 Å². The molecule has 3 N–H and O–H groups in total. The third kappa shape index (κ3) is 9.10. The van der Waals surface area contributed by atoms with Gasteiger partial charge in [0.15, 0.2) is 0 Å². The van der Waals surface area contributed by atoms with Crippen LogP contribution in [0, 0.1) is 46.3 Å². The SMILES string of the molecule is CC1(C)[C@H]2C[C@H](CC=O)[C@@H](NC(=O)c3csc4ccc(OS(=O)(=O)c5ccccc5)cc34)[C@@H]1C2.CC1(C)[C@H]2C[C@H](CCO)[C@@H](NC(=O)c3csc4ccc(OS(=O)(=O)c5ccccc5)cc34)[C@@H]1C2. The van der Waals surface area contributed by atoms with Gasteiger partial charge in [0.05, 0.1) is 11.1 Å². The van der Waals surface area contributed by atoms with E-state index in [0.717, 1.165) is 41.4 Å². The highest BCUT2D eigenvalue weighted by atomic mass is 32.2. The van der Waals surface area contributed by atoms with Gasteiger partial charge in [-0.3, -0.25) is 9.59 Å². The van der Waals surface area contributed by atoms with E-state index in [9.17, 15) is 36.3 Å². The summed E-state index contributed by atoms with van der Waals surface area (Å²) >= 11 is 2.87. The number of aliphatic hydroxyl groups is 1. The van der Waals surface area contributed by atoms with E-state index in [1.165, 1.54) is 46.9 Å². The third-order valence-electron chi connectivity index (χ3n) is 15.7. The monoisotopic (exact) mass is 996 g/mol. The third-order valence-corrected chi connectivity index (χ3v) is 20.1. The summed E-state index contributed by atoms with van der Waals surface area (Å²) in [6, 6.07) is 25.9. The highest BCUT2D eigenvalue weighted by Crippen LogP contribution is 2.62. The summed E-state index contributed by atoms with van der Waals surface area (Å²) in [4.78, 5) is 38.2. The van der Waals surface area contributed by atoms with Crippen LogP contribution >= 0.6 is 22.7 Å². The number of carbonyl (C=O) groups is 3. The maximum absolute atomic E-state index is 13.4. The van der Waals surface area contributed by atoms with E-state index < -0.39 is 20.2 Å². The summed E-state index contributed by atoms with van der Waals surface area (Å²) in [6.07, 6.45) is 6.26. The van der Waals surface area contributed by atoms with Crippen LogP contribution < -0.4 is 19.0 Å². The van der Waals surface area contributed by atoms with Crippen molar-refractivity contribution in [3.63, 3.8) is 0 Å². The molecular formula is C52H56N2O10S4. The molecule has 0 aliphatic heterocycles. The molecule has 6 fully saturated rings. The molecule has 12 nitrogen and oxygen atoms in total. The predicted octanol–water partition coefficient (Wildman–Crippen LogP) is 9.87. The largest absolute Gasteiger partial charge is 0.396 e. The van der Waals surface area contributed by atoms with E-state index in [4.69, 9.17) is 8.37 Å². The predicted molar refractivity (Wildman–Crippen MR) is 264 cm³/mol. The van der Waals surface area contributed by atoms with Crippen molar-refractivity contribution < 1.29 is 44.7 Å². The maximum atomic E-state index is 13.4. The topological polar surface area (TPSA) is 182 Å². The van der Waals surface area contributed by atoms with E-state index in [1.54, 1.807) is 78.2 Å². The van der Waals surface area contributed by atoms with Gasteiger partial charge in [0, 0.05) is 56.0 Å². The average molecular weight is 997 g/mol. The smallest absolute Gasteiger partial charge is 0.339 e. The van der Waals surface area contributed by atoms with Crippen LogP contribution in [0.4, 0.5) is 0 Å². The summed E-state index contributed by atoms with van der Waals surface area (Å²) in [7, 11) is -7.95. The first-order valence-corrected chi connectivity index (χ1v) is 27.7. The van der Waals surface area contributed by atoms with Crippen LogP contribution in [0.15, 0.2) is 118 Å². The molecule has 4 aromatic carbocycles. The Balaban J connectivity index is 0.000000170. The molecule has 0 spiro atoms. The van der Waals surface area contributed by atoms with Crippen molar-refractivity contribution in [1.82, 2.24) is 10.6 Å². The molecule has 4 bridgehead atoms. The average Bonchev–Trinajstić information content (AvgIpc) is 3.95. The number of nitrogens with one attached hydrogen (secondary N) is 2. The number of amides is 2. The minimum absolute atomic E-state index is 0.0208. The molecule has 6 saturated carbocycles. The first kappa shape index (κ1) is 47.9. The van der Waals surface area contributed by atoms with Crippen LogP contribution in [0.5, 0.6) is 11.5 Å². The maximum Gasteiger partial charge on any atom is 0.339 e. The zero-order chi connectivity index (χ0) is 48.2. The van der Waals surface area contributed by atoms with E-state index >= 15 is 0 Å². The number of hydrogen-bond donors (Lipinski definition) is 3. The second-order valence-corrected chi connectivity index (χ2v) is 24.9. The molecule has 358 valence electrons. The lowest BCUT2D eigenvalue weighted by atomic mass is 9.44. The van der Waals surface area contributed by atoms with Crippen LogP contribution in [-0.4, -0.2) is 58.7 Å². The molecule has 2 heterocycles. The van der Waals surface area contributed by atoms with Gasteiger partial charge in [0.2, 0.25) is 0 Å². The van der Waals surface area contributed by atoms with Gasteiger partial charge in [0.25, 0.3) is 11.8 Å². The Bertz CT molecular complexity index is 3080. The molecule has 8 atom stereocenters. The normalized spacial score (nSPS) is 25.4. The molecule has 0 saturated heterocycles. The Labute approximate surface area is 405 Å². The number of carbonyl (C=O) groups excluding carboxylic acids is 3. The Hall–Kier alpha value is -5.13. The van der Waals surface area contributed by atoms with Crippen molar-refractivity contribution in [2.24, 2.45) is 46.3 Å². The Morgan fingerprint density at radius 1 is 0.647 bits per heavy atom. The zero-order valence-electron chi connectivity index (χ0n) is 38.3. The van der Waals surface area contributed by atoms with Crippen LogP contribution in [0.3, 0.4) is 0 Å². The fourth-order valence-electron chi connectivity index (χ4n) is 11.5. The second-order valence-electron chi connectivity index (χ2n) is 19.9. The van der Waals surface area contributed by atoms with Crippen molar-refractivity contribution in [2.45, 2.75) is 88.1 Å². The lowest BCUT2D eigenvalue weighted by Crippen LogP contribution is -2.63. The number of rotatable bonds is 14. The molecule has 16 heteroatoms. The Morgan fingerprint density at radius 2 is 1.07 bits per heavy atom. The highest BCUT2D eigenvalue weighted by molar-refractivity contribution is 7.87. The second kappa shape index (κ2) is 18.6. The minimum atomic E-state index is -3.98. The van der Waals surface area contributed by atoms with Gasteiger partial charge >= 0.3 is 20.2 Å². The van der Waals surface area contributed by atoms with Crippen LogP contribution in [-0.2, 0) is 25.0 Å². The lowest BCUT2D eigenvalue weighted by molar-refractivity contribution is -0.123. The van der Waals surface area contributed by atoms with Gasteiger partial charge in [-0.05, 0) is 139 Å². The number of aliphatic hydroxyl groups excluding tert-OH is 1. The zero-order valence-corrected chi connectivity index (χ0v) is 41.6. The molecule has 0 unspecified atom stereocenters. The fraction of sp³-hybridized carbons (Fsp3) is 0.404. The van der Waals surface area contributed by atoms with Crippen LogP contribution in [0.25, 0.3) is 20.2 Å². The van der Waals surface area contributed by atoms with E-state index in [2.05, 4.69) is 38.3 Å². The van der Waals surface area contributed by atoms with Crippen molar-refractivity contribution in [3.8, 4) is 11.5 Å². The molecule has 6 aromatic rings. The van der Waals surface area contributed by atoms with E-state index in [-0.39, 0.29) is 74.5 Å². The van der Waals surface area contributed by atoms with Gasteiger partial charge in [-0.15, -0.1) is 22.7 Å². The Morgan fingerprint density at radius 3 is 1.49 bits per heavy atom. The minimum Gasteiger partial charge on any atom is -0.396 e. The highest BCUT2D eigenvalue weighted by Gasteiger charge is 2.59. The molecule has 6 aliphatic carbocycles. The number of benzene rings is 4. The molecule has 68 heavy (non-hydrogen) atoms. The van der Waals surface area contributed by atoms with Crippen LogP contribution in [0.1, 0.15) is 86.9 Å². The number of thiophene rings is 2. The summed E-state index contributed by atoms with van der Waals surface area (Å²) in [5, 5.41) is 21.0. The summed E-state index contributed by atoms with van der Waals surface area (Å²) in [6.45, 7) is 9.17. The van der Waals surface area contributed by atoms with E-state index in [0.29, 0.717) is 58.4 Å². The number of aldehydes is 1. The first-order chi connectivity index (χ1) is 32.4. The number of fused-ring (bicyclic) bond motifs is 6. The standard InChI is InChI=1S/C26H29NO5S2.C26H27NO5S2/c2*1-26(2)17-12-16(10-11-28)24(22(26)13-17)27-25(29)21-15-33-23-9-8-18(14-20(21)23)32-34(30,31)19-6-4-3-5-7-19/h3-9,14-17,22,24,28H,10-13H2,1-2H3,(H,27,29);3-9,11,14-17,22,24H,10,12-13H2,1-2H3,(H,27,29)/t2*16-,17-,22-,24+/m00/s1. The Kier molecular flexibility index (Phi) is 13.1. The van der Waals surface area contributed by atoms with Gasteiger partial charge < -0.3 is 28.9 Å². The quantitative estimate of drug-likeness (QED) is 0.0702. The summed E-state index contributed by atoms with van der Waals surface area (Å²) < 4.78 is 63.0. The van der Waals surface area contributed by atoms with Crippen molar-refractivity contribution in [3.05, 3.63) is 119 Å². The lowest BCUT2D eigenvalue weighted by Gasteiger charge is -2.62. The van der Waals surface area contributed by atoms with Gasteiger partial charge in [-0.1, -0.05) is 64.1 Å². The van der Waals surface area contributed by atoms with Crippen LogP contribution in [0.2, 0.25) is 0 Å². The fourth-order valence-corrected chi connectivity index (χ4v) is 15.3. The van der Waals surface area contributed by atoms with E-state index in [1.807, 2.05) is 5.38 Å². The van der Waals surface area contributed by atoms with Crippen molar-refractivity contribution in [1.29, 1.82) is 0 Å². The van der Waals surface area contributed by atoms with Gasteiger partial charge in [-0.25, -0.2) is 0 Å². The van der Waals surface area contributed by atoms with Crippen molar-refractivity contribution >= 4 is 81.2 Å². The summed E-state index contributed by atoms with van der Waals surface area (Å²) in [5.41, 5.74) is 1.35. The van der Waals surface area contributed by atoms with Gasteiger partial charge in [-0.2, -0.15) is 16.8 Å². The molecule has 2 aromatic heterocycles. The molecule has 2 amide bonds. The molecular weight excluding hydrogens is 941 g/mol.